The molecule has 0 heterocycles. The predicted octanol–water partition coefficient (Wildman–Crippen LogP) is -0.949. The van der Waals surface area contributed by atoms with Crippen molar-refractivity contribution >= 4 is 183 Å². The van der Waals surface area contributed by atoms with Crippen molar-refractivity contribution in [2.24, 2.45) is 0 Å². The zero-order valence-electron chi connectivity index (χ0n) is 31.3. The van der Waals surface area contributed by atoms with Crippen molar-refractivity contribution in [1.82, 2.24) is 21.3 Å². The first-order valence-corrected chi connectivity index (χ1v) is 23.9. The maximum Gasteiger partial charge on any atom is 0.253 e. The summed E-state index contributed by atoms with van der Waals surface area (Å²) in [6.45, 7) is -2.62. The summed E-state index contributed by atoms with van der Waals surface area (Å²) < 4.78 is 0.844. The zero-order chi connectivity index (χ0) is 45.6. The van der Waals surface area contributed by atoms with E-state index in [1.54, 1.807) is 120 Å². The molecule has 0 aromatic heterocycles. The molecule has 0 aliphatic carbocycles. The normalized spacial score (nSPS) is 13.7. The maximum atomic E-state index is 13.6. The monoisotopic (exact) mass is 1520 g/mol. The summed E-state index contributed by atoms with van der Waals surface area (Å²) in [5.74, 6) is -3.06. The van der Waals surface area contributed by atoms with Gasteiger partial charge >= 0.3 is 0 Å². The molecule has 0 spiro atoms. The van der Waals surface area contributed by atoms with Crippen molar-refractivity contribution in [3.8, 4) is 0 Å². The van der Waals surface area contributed by atoms with Crippen LogP contribution in [-0.2, 0) is 9.59 Å². The van der Waals surface area contributed by atoms with E-state index in [1.807, 2.05) is 22.6 Å². The Kier molecular flexibility index (Phi) is 24.9. The van der Waals surface area contributed by atoms with Gasteiger partial charge in [-0.15, -0.1) is 0 Å². The van der Waals surface area contributed by atoms with Gasteiger partial charge in [-0.05, 0) is 142 Å². The van der Waals surface area contributed by atoms with Crippen LogP contribution < -0.4 is 31.1 Å². The molecule has 0 bridgehead atoms. The third-order valence-corrected chi connectivity index (χ3v) is 14.6. The Morgan fingerprint density at radius 2 is 0.733 bits per heavy atom. The Morgan fingerprint density at radius 3 is 0.950 bits per heavy atom. The highest BCUT2D eigenvalue weighted by molar-refractivity contribution is 14.1. The number of amides is 6. The number of benzene rings is 2. The molecule has 26 heteroatoms. The Balaban J connectivity index is 2.74. The quantitative estimate of drug-likeness (QED) is 0.0446. The van der Waals surface area contributed by atoms with E-state index in [-0.39, 0.29) is 81.2 Å². The molecule has 12 N–H and O–H groups in total. The largest absolute Gasteiger partial charge is 0.394 e. The van der Waals surface area contributed by atoms with Crippen LogP contribution in [-0.4, -0.2) is 167 Å². The third-order valence-electron chi connectivity index (χ3n) is 8.24. The van der Waals surface area contributed by atoms with Crippen LogP contribution in [0.1, 0.15) is 54.8 Å². The van der Waals surface area contributed by atoms with Gasteiger partial charge in [0.1, 0.15) is 0 Å². The molecule has 0 aliphatic rings. The van der Waals surface area contributed by atoms with Crippen LogP contribution in [0.15, 0.2) is 0 Å². The topological polar surface area (TPSA) is 319 Å². The summed E-state index contributed by atoms with van der Waals surface area (Å²) in [6.07, 6.45) is -5.42. The first-order valence-electron chi connectivity index (χ1n) is 17.5. The SMILES string of the molecule is CCC(O)CNC(=O)c1c(I)c(C(=O)NCC(O)CO)c(I)c(N(C=O)CC(O)CN(C=O)c2c(I)c(C(=O)NCC(O)CO)c(I)c(C(=O)NCC(O)CO)c2I)c1I. The molecule has 2 aromatic carbocycles. The van der Waals surface area contributed by atoms with E-state index in [1.165, 1.54) is 0 Å². The lowest BCUT2D eigenvalue weighted by Crippen LogP contribution is -2.42. The number of halogens is 6. The minimum atomic E-state index is -1.58. The van der Waals surface area contributed by atoms with Crippen molar-refractivity contribution in [3.05, 3.63) is 43.7 Å². The summed E-state index contributed by atoms with van der Waals surface area (Å²) >= 11 is 10.7. The summed E-state index contributed by atoms with van der Waals surface area (Å²) in [4.78, 5) is 81.9. The molecule has 2 aromatic rings. The fraction of sp³-hybridized carbons (Fsp3) is 0.471. The third kappa shape index (κ3) is 14.7. The number of anilines is 2. The van der Waals surface area contributed by atoms with Gasteiger partial charge < -0.3 is 71.9 Å². The van der Waals surface area contributed by atoms with Crippen molar-refractivity contribution in [2.45, 2.75) is 43.9 Å². The fourth-order valence-corrected chi connectivity index (χ4v) is 14.6. The average molecular weight is 1520 g/mol. The number of aliphatic hydroxyl groups excluding tert-OH is 8. The molecule has 5 atom stereocenters. The second-order valence-electron chi connectivity index (χ2n) is 12.7. The van der Waals surface area contributed by atoms with Crippen LogP contribution in [0.5, 0.6) is 0 Å². The zero-order valence-corrected chi connectivity index (χ0v) is 44.2. The number of hydrogen-bond acceptors (Lipinski definition) is 14. The Labute approximate surface area is 425 Å². The summed E-state index contributed by atoms with van der Waals surface area (Å²) in [7, 11) is 0. The number of carbonyl (C=O) groups is 6. The van der Waals surface area contributed by atoms with Gasteiger partial charge in [-0.25, -0.2) is 0 Å². The second-order valence-corrected chi connectivity index (χ2v) is 19.1. The van der Waals surface area contributed by atoms with E-state index in [9.17, 15) is 69.6 Å². The molecular formula is C34H42I6N6O14. The second kappa shape index (κ2) is 27.0. The van der Waals surface area contributed by atoms with Gasteiger partial charge in [-0.3, -0.25) is 28.8 Å². The number of nitrogens with one attached hydrogen (secondary N) is 4. The predicted molar refractivity (Wildman–Crippen MR) is 267 cm³/mol. The van der Waals surface area contributed by atoms with Crippen LogP contribution in [0.4, 0.5) is 11.4 Å². The van der Waals surface area contributed by atoms with Crippen molar-refractivity contribution in [2.75, 3.05) is 68.9 Å². The van der Waals surface area contributed by atoms with Crippen LogP contribution in [0, 0.1) is 21.4 Å². The molecule has 5 unspecified atom stereocenters. The van der Waals surface area contributed by atoms with Crippen LogP contribution >= 0.6 is 136 Å². The smallest absolute Gasteiger partial charge is 0.253 e. The molecule has 0 saturated carbocycles. The lowest BCUT2D eigenvalue weighted by atomic mass is 10.1. The molecule has 0 saturated heterocycles. The lowest BCUT2D eigenvalue weighted by molar-refractivity contribution is -0.108. The highest BCUT2D eigenvalue weighted by atomic mass is 127. The number of rotatable bonds is 24. The van der Waals surface area contributed by atoms with E-state index in [0.717, 1.165) is 9.80 Å². The van der Waals surface area contributed by atoms with Gasteiger partial charge in [0, 0.05) is 33.3 Å². The van der Waals surface area contributed by atoms with E-state index >= 15 is 0 Å². The van der Waals surface area contributed by atoms with Crippen molar-refractivity contribution < 1.29 is 69.6 Å². The molecule has 2 rings (SSSR count). The number of nitrogens with zero attached hydrogens (tertiary/aromatic N) is 2. The first kappa shape index (κ1) is 55.5. The molecule has 60 heavy (non-hydrogen) atoms. The summed E-state index contributed by atoms with van der Waals surface area (Å²) in [5.41, 5.74) is -0.345. The van der Waals surface area contributed by atoms with Gasteiger partial charge in [-0.2, -0.15) is 0 Å². The van der Waals surface area contributed by atoms with E-state index in [4.69, 9.17) is 0 Å². The van der Waals surface area contributed by atoms with Gasteiger partial charge in [-0.1, -0.05) is 6.92 Å². The van der Waals surface area contributed by atoms with Crippen molar-refractivity contribution in [1.29, 1.82) is 0 Å². The molecule has 334 valence electrons. The lowest BCUT2D eigenvalue weighted by Gasteiger charge is -2.30. The Hall–Kier alpha value is -0.680. The van der Waals surface area contributed by atoms with E-state index < -0.39 is 87.1 Å². The average Bonchev–Trinajstić information content (AvgIpc) is 3.21. The molecule has 0 radical (unpaired) electrons. The standard InChI is InChI=1S/C34H42I6N6O14/c1-2-14(52)3-41-31(57)19-23(35)20(32(58)42-4-15(53)9-47)26(38)29(25(19)37)45(12-50)7-18(56)8-46(13-51)30-27(39)21(33(59)43-5-16(54)10-48)24(36)22(28(30)40)34(60)44-6-17(55)11-49/h12-18,47-49,52-56H,2-11H2,1H3,(H,41,57)(H,42,58)(H,43,59)(H,44,60). The van der Waals surface area contributed by atoms with Gasteiger partial charge in [0.05, 0.1) is 111 Å². The molecule has 20 nitrogen and oxygen atoms in total. The molecule has 0 aliphatic heterocycles. The van der Waals surface area contributed by atoms with Crippen LogP contribution in [0.25, 0.3) is 0 Å². The summed E-state index contributed by atoms with van der Waals surface area (Å²) in [5, 5.41) is 89.0. The number of hydrogen-bond donors (Lipinski definition) is 12. The maximum absolute atomic E-state index is 13.6. The number of aliphatic hydroxyl groups is 8. The Bertz CT molecular complexity index is 1660. The first-order chi connectivity index (χ1) is 28.3. The Morgan fingerprint density at radius 1 is 0.483 bits per heavy atom. The molecule has 6 amide bonds. The van der Waals surface area contributed by atoms with Crippen LogP contribution in [0.2, 0.25) is 0 Å². The van der Waals surface area contributed by atoms with Gasteiger partial charge in [0.25, 0.3) is 23.6 Å². The van der Waals surface area contributed by atoms with Crippen LogP contribution in [0.3, 0.4) is 0 Å². The van der Waals surface area contributed by atoms with E-state index in [2.05, 4.69) is 21.3 Å². The molecule has 0 fully saturated rings. The fourth-order valence-electron chi connectivity index (χ4n) is 5.02. The summed E-state index contributed by atoms with van der Waals surface area (Å²) in [6, 6.07) is 0. The highest BCUT2D eigenvalue weighted by Crippen LogP contribution is 2.39. The molecular weight excluding hydrogens is 1480 g/mol. The minimum Gasteiger partial charge on any atom is -0.394 e. The van der Waals surface area contributed by atoms with Crippen molar-refractivity contribution in [3.63, 3.8) is 0 Å². The van der Waals surface area contributed by atoms with E-state index in [0.29, 0.717) is 19.2 Å². The number of carbonyl (C=O) groups excluding carboxylic acids is 6. The minimum absolute atomic E-state index is 0.0142. The van der Waals surface area contributed by atoms with Gasteiger partial charge in [0.15, 0.2) is 0 Å². The highest BCUT2D eigenvalue weighted by Gasteiger charge is 2.34. The van der Waals surface area contributed by atoms with Gasteiger partial charge in [0.2, 0.25) is 12.8 Å².